The largest absolute Gasteiger partial charge is 0.376 e. The topological polar surface area (TPSA) is 84.7 Å². The number of carbonyl (C=O) groups is 2. The lowest BCUT2D eigenvalue weighted by Gasteiger charge is -2.10. The van der Waals surface area contributed by atoms with Crippen LogP contribution in [0, 0.1) is 0 Å². The van der Waals surface area contributed by atoms with Gasteiger partial charge in [0.05, 0.1) is 11.6 Å². The summed E-state index contributed by atoms with van der Waals surface area (Å²) < 4.78 is 7.23. The number of amides is 2. The molecule has 7 heteroatoms. The van der Waals surface area contributed by atoms with Crippen molar-refractivity contribution in [1.29, 1.82) is 0 Å². The smallest absolute Gasteiger partial charge is 0.287 e. The molecule has 0 bridgehead atoms. The van der Waals surface area contributed by atoms with Crippen LogP contribution in [-0.2, 0) is 4.74 Å². The molecule has 2 aliphatic rings. The Labute approximate surface area is 152 Å². The van der Waals surface area contributed by atoms with Crippen molar-refractivity contribution in [2.45, 2.75) is 50.7 Å². The molecule has 2 N–H and O–H groups in total. The first-order valence-electron chi connectivity index (χ1n) is 9.40. The van der Waals surface area contributed by atoms with E-state index < -0.39 is 0 Å². The van der Waals surface area contributed by atoms with Gasteiger partial charge in [-0.2, -0.15) is 0 Å². The Morgan fingerprint density at radius 2 is 2.00 bits per heavy atom. The number of carbonyl (C=O) groups excluding carboxylic acids is 2. The van der Waals surface area contributed by atoms with Gasteiger partial charge in [-0.25, -0.2) is 4.98 Å². The summed E-state index contributed by atoms with van der Waals surface area (Å²) in [4.78, 5) is 29.7. The molecule has 2 aromatic heterocycles. The van der Waals surface area contributed by atoms with Gasteiger partial charge in [-0.05, 0) is 37.8 Å². The molecule has 1 saturated heterocycles. The molecule has 138 valence electrons. The lowest BCUT2D eigenvalue weighted by molar-refractivity contribution is 0.0855. The summed E-state index contributed by atoms with van der Waals surface area (Å²) in [6.45, 7) is 1.22. The molecule has 3 heterocycles. The second-order valence-electron chi connectivity index (χ2n) is 7.04. The minimum Gasteiger partial charge on any atom is -0.376 e. The molecule has 0 radical (unpaired) electrons. The zero-order chi connectivity index (χ0) is 17.9. The molecule has 4 rings (SSSR count). The molecule has 1 aliphatic heterocycles. The molecule has 1 atom stereocenters. The predicted octanol–water partition coefficient (Wildman–Crippen LogP) is 1.92. The molecule has 1 aliphatic carbocycles. The first-order valence-corrected chi connectivity index (χ1v) is 9.40. The highest BCUT2D eigenvalue weighted by Crippen LogP contribution is 2.19. The monoisotopic (exact) mass is 356 g/mol. The van der Waals surface area contributed by atoms with Gasteiger partial charge in [0.15, 0.2) is 5.69 Å². The van der Waals surface area contributed by atoms with E-state index in [2.05, 4.69) is 15.6 Å². The molecule has 26 heavy (non-hydrogen) atoms. The van der Waals surface area contributed by atoms with Crippen molar-refractivity contribution in [2.75, 3.05) is 13.2 Å². The summed E-state index contributed by atoms with van der Waals surface area (Å²) in [7, 11) is 0. The van der Waals surface area contributed by atoms with Gasteiger partial charge in [0.2, 0.25) is 5.82 Å². The fourth-order valence-electron chi connectivity index (χ4n) is 3.78. The quantitative estimate of drug-likeness (QED) is 0.857. The molecule has 2 amide bonds. The average Bonchev–Trinajstić information content (AvgIpc) is 3.40. The number of hydrogen-bond donors (Lipinski definition) is 2. The van der Waals surface area contributed by atoms with Crippen molar-refractivity contribution in [3.63, 3.8) is 0 Å². The van der Waals surface area contributed by atoms with E-state index in [4.69, 9.17) is 4.74 Å². The standard InChI is InChI=1S/C19H24N4O3/c24-18(20-12-14-8-5-11-26-14)16-15-9-3-4-10-23(15)17(22-16)19(25)21-13-6-1-2-7-13/h3-4,9-10,13-14H,1-2,5-8,11-12H2,(H,20,24)(H,21,25). The highest BCUT2D eigenvalue weighted by Gasteiger charge is 2.25. The second-order valence-corrected chi connectivity index (χ2v) is 7.04. The number of nitrogens with zero attached hydrogens (tertiary/aromatic N) is 2. The summed E-state index contributed by atoms with van der Waals surface area (Å²) in [5, 5.41) is 5.93. The van der Waals surface area contributed by atoms with E-state index in [1.807, 2.05) is 12.1 Å². The maximum Gasteiger partial charge on any atom is 0.287 e. The van der Waals surface area contributed by atoms with Gasteiger partial charge in [0.25, 0.3) is 11.8 Å². The number of ether oxygens (including phenoxy) is 1. The SMILES string of the molecule is O=C(NCC1CCCO1)c1nc(C(=O)NC2CCCC2)n2ccccc12. The third-order valence-corrected chi connectivity index (χ3v) is 5.17. The van der Waals surface area contributed by atoms with Crippen LogP contribution in [0.4, 0.5) is 0 Å². The minimum atomic E-state index is -0.274. The molecular weight excluding hydrogens is 332 g/mol. The maximum atomic E-state index is 12.7. The number of imidazole rings is 1. The number of nitrogens with one attached hydrogen (secondary N) is 2. The lowest BCUT2D eigenvalue weighted by atomic mass is 10.2. The molecule has 2 fully saturated rings. The van der Waals surface area contributed by atoms with E-state index >= 15 is 0 Å². The fourth-order valence-corrected chi connectivity index (χ4v) is 3.78. The lowest BCUT2D eigenvalue weighted by Crippen LogP contribution is -2.34. The van der Waals surface area contributed by atoms with Crippen LogP contribution in [0.15, 0.2) is 24.4 Å². The van der Waals surface area contributed by atoms with Gasteiger partial charge in [0.1, 0.15) is 0 Å². The minimum absolute atomic E-state index is 0.0676. The van der Waals surface area contributed by atoms with Crippen molar-refractivity contribution in [3.8, 4) is 0 Å². The Bertz CT molecular complexity index is 804. The number of pyridine rings is 1. The van der Waals surface area contributed by atoms with Crippen molar-refractivity contribution < 1.29 is 14.3 Å². The summed E-state index contributed by atoms with van der Waals surface area (Å²) in [5.41, 5.74) is 0.911. The van der Waals surface area contributed by atoms with Crippen molar-refractivity contribution >= 4 is 17.3 Å². The van der Waals surface area contributed by atoms with Gasteiger partial charge in [-0.1, -0.05) is 18.9 Å². The fraction of sp³-hybridized carbons (Fsp3) is 0.526. The van der Waals surface area contributed by atoms with Gasteiger partial charge >= 0.3 is 0 Å². The van der Waals surface area contributed by atoms with Gasteiger partial charge in [0, 0.05) is 25.4 Å². The summed E-state index contributed by atoms with van der Waals surface area (Å²) in [5.74, 6) is -0.241. The molecule has 0 spiro atoms. The first-order chi connectivity index (χ1) is 12.7. The van der Waals surface area contributed by atoms with Crippen LogP contribution in [0.2, 0.25) is 0 Å². The molecular formula is C19H24N4O3. The highest BCUT2D eigenvalue weighted by molar-refractivity contribution is 6.02. The summed E-state index contributed by atoms with van der Waals surface area (Å²) >= 11 is 0. The number of rotatable bonds is 5. The number of hydrogen-bond acceptors (Lipinski definition) is 4. The average molecular weight is 356 g/mol. The Morgan fingerprint density at radius 1 is 1.15 bits per heavy atom. The van der Waals surface area contributed by atoms with Crippen LogP contribution in [0.5, 0.6) is 0 Å². The molecule has 1 unspecified atom stereocenters. The number of aromatic nitrogens is 2. The predicted molar refractivity (Wildman–Crippen MR) is 96.2 cm³/mol. The third kappa shape index (κ3) is 3.44. The third-order valence-electron chi connectivity index (χ3n) is 5.17. The Morgan fingerprint density at radius 3 is 2.77 bits per heavy atom. The van der Waals surface area contributed by atoms with Crippen LogP contribution < -0.4 is 10.6 Å². The Hall–Kier alpha value is -2.41. The Balaban J connectivity index is 1.54. The summed E-state index contributed by atoms with van der Waals surface area (Å²) in [6.07, 6.45) is 8.11. The molecule has 0 aromatic carbocycles. The maximum absolute atomic E-state index is 12.7. The highest BCUT2D eigenvalue weighted by atomic mass is 16.5. The van der Waals surface area contributed by atoms with E-state index in [1.165, 1.54) is 0 Å². The zero-order valence-electron chi connectivity index (χ0n) is 14.7. The molecule has 1 saturated carbocycles. The second kappa shape index (κ2) is 7.45. The van der Waals surface area contributed by atoms with E-state index in [-0.39, 0.29) is 35.5 Å². The molecule has 2 aromatic rings. The number of fused-ring (bicyclic) bond motifs is 1. The van der Waals surface area contributed by atoms with E-state index in [1.54, 1.807) is 16.7 Å². The van der Waals surface area contributed by atoms with Crippen LogP contribution in [0.3, 0.4) is 0 Å². The van der Waals surface area contributed by atoms with E-state index in [0.717, 1.165) is 45.1 Å². The van der Waals surface area contributed by atoms with E-state index in [9.17, 15) is 9.59 Å². The normalized spacial score (nSPS) is 20.5. The van der Waals surface area contributed by atoms with Gasteiger partial charge < -0.3 is 15.4 Å². The Kier molecular flexibility index (Phi) is 4.88. The van der Waals surface area contributed by atoms with Gasteiger partial charge in [-0.3, -0.25) is 14.0 Å². The first kappa shape index (κ1) is 17.0. The van der Waals surface area contributed by atoms with Crippen LogP contribution in [-0.4, -0.2) is 46.5 Å². The van der Waals surface area contributed by atoms with Crippen molar-refractivity contribution in [3.05, 3.63) is 35.9 Å². The van der Waals surface area contributed by atoms with Crippen molar-refractivity contribution in [1.82, 2.24) is 20.0 Å². The van der Waals surface area contributed by atoms with Crippen molar-refractivity contribution in [2.24, 2.45) is 0 Å². The van der Waals surface area contributed by atoms with Crippen LogP contribution >= 0.6 is 0 Å². The van der Waals surface area contributed by atoms with Gasteiger partial charge in [-0.15, -0.1) is 0 Å². The van der Waals surface area contributed by atoms with Crippen LogP contribution in [0.1, 0.15) is 59.6 Å². The molecule has 7 nitrogen and oxygen atoms in total. The van der Waals surface area contributed by atoms with E-state index in [0.29, 0.717) is 12.1 Å². The van der Waals surface area contributed by atoms with Crippen LogP contribution in [0.25, 0.3) is 5.52 Å². The zero-order valence-corrected chi connectivity index (χ0v) is 14.7. The summed E-state index contributed by atoms with van der Waals surface area (Å²) in [6, 6.07) is 5.68.